The van der Waals surface area contributed by atoms with E-state index in [1.54, 1.807) is 12.3 Å². The highest BCUT2D eigenvalue weighted by atomic mass is 19.4. The Kier molecular flexibility index (Phi) is 5.85. The summed E-state index contributed by atoms with van der Waals surface area (Å²) < 4.78 is 49.5. The summed E-state index contributed by atoms with van der Waals surface area (Å²) in [7, 11) is 0. The van der Waals surface area contributed by atoms with Crippen LogP contribution < -0.4 is 10.1 Å². The highest BCUT2D eigenvalue weighted by Crippen LogP contribution is 2.50. The Morgan fingerprint density at radius 2 is 1.85 bits per heavy atom. The van der Waals surface area contributed by atoms with Crippen LogP contribution in [-0.2, 0) is 4.74 Å². The van der Waals surface area contributed by atoms with Crippen molar-refractivity contribution >= 4 is 0 Å². The van der Waals surface area contributed by atoms with Crippen LogP contribution in [0.3, 0.4) is 0 Å². The van der Waals surface area contributed by atoms with Gasteiger partial charge in [0.1, 0.15) is 5.75 Å². The van der Waals surface area contributed by atoms with Crippen LogP contribution in [-0.4, -0.2) is 30.1 Å². The van der Waals surface area contributed by atoms with E-state index in [0.717, 1.165) is 36.1 Å². The molecule has 0 bridgehead atoms. The molecule has 5 rings (SSSR count). The number of alkyl halides is 3. The summed E-state index contributed by atoms with van der Waals surface area (Å²) in [5.41, 5.74) is 3.04. The van der Waals surface area contributed by atoms with Gasteiger partial charge >= 0.3 is 6.36 Å². The zero-order valence-electron chi connectivity index (χ0n) is 18.0. The van der Waals surface area contributed by atoms with Gasteiger partial charge in [-0.2, -0.15) is 0 Å². The average Bonchev–Trinajstić information content (AvgIpc) is 3.23. The van der Waals surface area contributed by atoms with Gasteiger partial charge in [-0.15, -0.1) is 13.2 Å². The van der Waals surface area contributed by atoms with Crippen molar-refractivity contribution < 1.29 is 22.6 Å². The average molecular weight is 454 g/mol. The van der Waals surface area contributed by atoms with E-state index in [0.29, 0.717) is 18.7 Å². The van der Waals surface area contributed by atoms with Crippen molar-refractivity contribution in [3.05, 3.63) is 84.1 Å². The van der Waals surface area contributed by atoms with E-state index in [1.165, 1.54) is 12.1 Å². The number of aromatic nitrogens is 1. The van der Waals surface area contributed by atoms with E-state index in [1.807, 2.05) is 36.4 Å². The van der Waals surface area contributed by atoms with Crippen molar-refractivity contribution in [2.24, 2.45) is 0 Å². The topological polar surface area (TPSA) is 43.4 Å². The van der Waals surface area contributed by atoms with Crippen molar-refractivity contribution in [3.63, 3.8) is 0 Å². The van der Waals surface area contributed by atoms with Crippen molar-refractivity contribution in [2.75, 3.05) is 13.2 Å². The van der Waals surface area contributed by atoms with Crippen LogP contribution in [0, 0.1) is 0 Å². The fourth-order valence-corrected chi connectivity index (χ4v) is 5.24. The highest BCUT2D eigenvalue weighted by molar-refractivity contribution is 5.66. The molecule has 1 N–H and O–H groups in total. The summed E-state index contributed by atoms with van der Waals surface area (Å²) in [5, 5.41) is 3.62. The molecule has 3 aromatic rings. The first kappa shape index (κ1) is 21.9. The fourth-order valence-electron chi connectivity index (χ4n) is 5.24. The van der Waals surface area contributed by atoms with Gasteiger partial charge in [-0.3, -0.25) is 4.98 Å². The normalized spacial score (nSPS) is 25.3. The van der Waals surface area contributed by atoms with Gasteiger partial charge < -0.3 is 14.8 Å². The Hall–Kier alpha value is -2.90. The second-order valence-electron chi connectivity index (χ2n) is 8.69. The minimum atomic E-state index is -4.75. The van der Waals surface area contributed by atoms with Gasteiger partial charge in [0, 0.05) is 17.7 Å². The lowest BCUT2D eigenvalue weighted by molar-refractivity contribution is -0.274. The monoisotopic (exact) mass is 454 g/mol. The number of hydrogen-bond acceptors (Lipinski definition) is 4. The van der Waals surface area contributed by atoms with E-state index < -0.39 is 12.0 Å². The molecule has 2 fully saturated rings. The van der Waals surface area contributed by atoms with E-state index in [-0.39, 0.29) is 17.7 Å². The summed E-state index contributed by atoms with van der Waals surface area (Å²) in [6.45, 7) is 1.34. The molecule has 2 aliphatic rings. The zero-order valence-corrected chi connectivity index (χ0v) is 18.0. The number of hydrogen-bond donors (Lipinski definition) is 1. The minimum Gasteiger partial charge on any atom is -0.406 e. The third-order valence-corrected chi connectivity index (χ3v) is 6.59. The predicted molar refractivity (Wildman–Crippen MR) is 119 cm³/mol. The number of piperidine rings is 1. The molecular formula is C26H25F3N2O2. The molecule has 2 saturated heterocycles. The maximum Gasteiger partial charge on any atom is 0.573 e. The number of halogens is 3. The molecule has 7 heteroatoms. The van der Waals surface area contributed by atoms with Gasteiger partial charge in [0.05, 0.1) is 23.9 Å². The Bertz CT molecular complexity index is 1090. The van der Waals surface area contributed by atoms with E-state index in [9.17, 15) is 13.2 Å². The van der Waals surface area contributed by atoms with Gasteiger partial charge in [-0.1, -0.05) is 36.4 Å². The molecule has 3 heterocycles. The summed E-state index contributed by atoms with van der Waals surface area (Å²) in [5.74, 6) is -0.301. The maximum atomic E-state index is 12.9. The third-order valence-electron chi connectivity index (χ3n) is 6.59. The van der Waals surface area contributed by atoms with Crippen molar-refractivity contribution in [1.82, 2.24) is 10.3 Å². The quantitative estimate of drug-likeness (QED) is 0.524. The van der Waals surface area contributed by atoms with Crippen LogP contribution in [0.2, 0.25) is 0 Å². The second kappa shape index (κ2) is 8.80. The molecule has 0 saturated carbocycles. The van der Waals surface area contributed by atoms with Gasteiger partial charge in [0.2, 0.25) is 0 Å². The molecule has 0 amide bonds. The molecule has 3 atom stereocenters. The molecule has 2 aromatic carbocycles. The molecule has 172 valence electrons. The lowest BCUT2D eigenvalue weighted by Crippen LogP contribution is -2.48. The van der Waals surface area contributed by atoms with E-state index in [2.05, 4.69) is 27.2 Å². The number of nitrogens with one attached hydrogen (secondary N) is 1. The SMILES string of the molecule is FC(F)(F)Oc1ccc(-c2ccccn2)c([C@H]2CO[C@]3(CCCN[C@H]3c3ccccc3)C2)c1. The zero-order chi connectivity index (χ0) is 22.9. The lowest BCUT2D eigenvalue weighted by atomic mass is 9.76. The first-order valence-corrected chi connectivity index (χ1v) is 11.2. The molecule has 4 nitrogen and oxygen atoms in total. The molecule has 2 aliphatic heterocycles. The predicted octanol–water partition coefficient (Wildman–Crippen LogP) is 6.01. The summed E-state index contributed by atoms with van der Waals surface area (Å²) >= 11 is 0. The molecule has 1 spiro atoms. The lowest BCUT2D eigenvalue weighted by Gasteiger charge is -2.41. The van der Waals surface area contributed by atoms with Crippen molar-refractivity contribution in [2.45, 2.75) is 43.2 Å². The van der Waals surface area contributed by atoms with Crippen LogP contribution in [0.4, 0.5) is 13.2 Å². The number of ether oxygens (including phenoxy) is 2. The summed E-state index contributed by atoms with van der Waals surface area (Å²) in [4.78, 5) is 4.44. The van der Waals surface area contributed by atoms with Gasteiger partial charge in [-0.05, 0) is 67.3 Å². The Labute approximate surface area is 190 Å². The standard InChI is InChI=1S/C26H25F3N2O2/c27-26(28,29)33-20-10-11-21(23-9-4-5-13-30-23)22(15-20)19-16-25(32-17-19)12-6-14-31-24(25)18-7-2-1-3-8-18/h1-5,7-11,13,15,19,24,31H,6,12,14,16-17H2/t19-,24+,25-/m1/s1. The summed E-state index contributed by atoms with van der Waals surface area (Å²) in [6, 6.07) is 20.3. The molecular weight excluding hydrogens is 429 g/mol. The molecule has 1 aromatic heterocycles. The summed E-state index contributed by atoms with van der Waals surface area (Å²) in [6.07, 6.45) is -0.478. The molecule has 0 unspecified atom stereocenters. The molecule has 0 aliphatic carbocycles. The van der Waals surface area contributed by atoms with Crippen LogP contribution in [0.25, 0.3) is 11.3 Å². The number of pyridine rings is 1. The Morgan fingerprint density at radius 3 is 2.61 bits per heavy atom. The van der Waals surface area contributed by atoms with E-state index in [4.69, 9.17) is 4.74 Å². The van der Waals surface area contributed by atoms with Crippen LogP contribution in [0.15, 0.2) is 72.9 Å². The second-order valence-corrected chi connectivity index (χ2v) is 8.69. The number of benzene rings is 2. The highest BCUT2D eigenvalue weighted by Gasteiger charge is 2.49. The van der Waals surface area contributed by atoms with Crippen molar-refractivity contribution in [1.29, 1.82) is 0 Å². The molecule has 0 radical (unpaired) electrons. The number of rotatable bonds is 4. The number of nitrogens with zero attached hydrogens (tertiary/aromatic N) is 1. The van der Waals surface area contributed by atoms with Gasteiger partial charge in [-0.25, -0.2) is 0 Å². The first-order chi connectivity index (χ1) is 15.9. The minimum absolute atomic E-state index is 0.0327. The maximum absolute atomic E-state index is 12.9. The fraction of sp³-hybridized carbons (Fsp3) is 0.346. The van der Waals surface area contributed by atoms with Crippen molar-refractivity contribution in [3.8, 4) is 17.0 Å². The Balaban J connectivity index is 1.51. The first-order valence-electron chi connectivity index (χ1n) is 11.2. The van der Waals surface area contributed by atoms with Gasteiger partial charge in [0.15, 0.2) is 0 Å². The van der Waals surface area contributed by atoms with E-state index >= 15 is 0 Å². The molecule has 33 heavy (non-hydrogen) atoms. The van der Waals surface area contributed by atoms with Crippen LogP contribution >= 0.6 is 0 Å². The van der Waals surface area contributed by atoms with Crippen LogP contribution in [0.5, 0.6) is 5.75 Å². The van der Waals surface area contributed by atoms with Gasteiger partial charge in [0.25, 0.3) is 0 Å². The Morgan fingerprint density at radius 1 is 1.03 bits per heavy atom. The largest absolute Gasteiger partial charge is 0.573 e. The smallest absolute Gasteiger partial charge is 0.406 e. The van der Waals surface area contributed by atoms with Crippen LogP contribution in [0.1, 0.15) is 42.3 Å². The third kappa shape index (κ3) is 4.61.